The second-order valence-corrected chi connectivity index (χ2v) is 9.50. The topological polar surface area (TPSA) is 98.3 Å². The van der Waals surface area contributed by atoms with E-state index in [1.165, 1.54) is 36.4 Å². The molecule has 3 aromatic carbocycles. The number of aromatic nitrogens is 2. The van der Waals surface area contributed by atoms with Gasteiger partial charge in [0.1, 0.15) is 11.7 Å². The number of nitrogens with two attached hydrogens (primary N) is 1. The zero-order chi connectivity index (χ0) is 23.2. The third kappa shape index (κ3) is 3.90. The summed E-state index contributed by atoms with van der Waals surface area (Å²) < 4.78 is 42.0. The number of carbonyl (C=O) groups excluding carboxylic acids is 1. The molecule has 0 saturated heterocycles. The average molecular weight is 492 g/mol. The SMILES string of the molecule is CS(=O)(=O)N(c1ccc(-c2ccc3[c]nn(C(N)=O)c3c2F)cc1)c1ccc(Cl)c(Cl)c1. The van der Waals surface area contributed by atoms with Gasteiger partial charge >= 0.3 is 6.03 Å². The first-order chi connectivity index (χ1) is 15.1. The van der Waals surface area contributed by atoms with Crippen LogP contribution in [0.25, 0.3) is 22.0 Å². The predicted molar refractivity (Wildman–Crippen MR) is 122 cm³/mol. The lowest BCUT2D eigenvalue weighted by molar-refractivity contribution is 0.248. The van der Waals surface area contributed by atoms with Crippen LogP contribution in [0, 0.1) is 12.0 Å². The lowest BCUT2D eigenvalue weighted by Crippen LogP contribution is -2.24. The normalized spacial score (nSPS) is 11.6. The second kappa shape index (κ2) is 8.09. The number of hydrogen-bond acceptors (Lipinski definition) is 4. The number of fused-ring (bicyclic) bond motifs is 1. The van der Waals surface area contributed by atoms with Gasteiger partial charge in [-0.2, -0.15) is 9.78 Å². The van der Waals surface area contributed by atoms with Crippen molar-refractivity contribution in [2.75, 3.05) is 10.6 Å². The summed E-state index contributed by atoms with van der Waals surface area (Å²) in [6, 6.07) is 12.8. The van der Waals surface area contributed by atoms with Gasteiger partial charge in [0.15, 0.2) is 5.82 Å². The van der Waals surface area contributed by atoms with E-state index in [2.05, 4.69) is 11.3 Å². The van der Waals surface area contributed by atoms with E-state index in [9.17, 15) is 13.2 Å². The molecule has 0 aliphatic heterocycles. The van der Waals surface area contributed by atoms with Gasteiger partial charge in [-0.05, 0) is 42.0 Å². The Morgan fingerprint density at radius 3 is 2.31 bits per heavy atom. The first-order valence-corrected chi connectivity index (χ1v) is 11.6. The summed E-state index contributed by atoms with van der Waals surface area (Å²) >= 11 is 12.0. The van der Waals surface area contributed by atoms with Crippen LogP contribution in [0.3, 0.4) is 0 Å². The Hall–Kier alpha value is -3.14. The van der Waals surface area contributed by atoms with Crippen molar-refractivity contribution in [1.82, 2.24) is 9.78 Å². The minimum absolute atomic E-state index is 0.0901. The van der Waals surface area contributed by atoms with Gasteiger partial charge in [-0.1, -0.05) is 41.4 Å². The molecule has 0 atom stereocenters. The molecule has 4 aromatic rings. The highest BCUT2D eigenvalue weighted by Crippen LogP contribution is 2.35. The zero-order valence-electron chi connectivity index (χ0n) is 16.4. The summed E-state index contributed by atoms with van der Waals surface area (Å²) in [6.07, 6.45) is 3.59. The fourth-order valence-electron chi connectivity index (χ4n) is 3.32. The Morgan fingerprint density at radius 2 is 1.72 bits per heavy atom. The smallest absolute Gasteiger partial charge is 0.340 e. The first kappa shape index (κ1) is 22.1. The number of hydrogen-bond donors (Lipinski definition) is 1. The number of primary amides is 1. The summed E-state index contributed by atoms with van der Waals surface area (Å²) in [5.41, 5.74) is 6.40. The van der Waals surface area contributed by atoms with E-state index in [1.807, 2.05) is 0 Å². The molecule has 0 aliphatic rings. The Morgan fingerprint density at radius 1 is 1.06 bits per heavy atom. The fourth-order valence-corrected chi connectivity index (χ4v) is 4.61. The summed E-state index contributed by atoms with van der Waals surface area (Å²) in [5.74, 6) is -0.702. The Labute approximate surface area is 192 Å². The minimum Gasteiger partial charge on any atom is -0.350 e. The molecule has 32 heavy (non-hydrogen) atoms. The van der Waals surface area contributed by atoms with Gasteiger partial charge in [0.2, 0.25) is 10.0 Å². The van der Waals surface area contributed by atoms with Crippen LogP contribution in [0.4, 0.5) is 20.6 Å². The molecule has 1 radical (unpaired) electrons. The molecule has 0 unspecified atom stereocenters. The largest absolute Gasteiger partial charge is 0.350 e. The van der Waals surface area contributed by atoms with Crippen molar-refractivity contribution in [1.29, 1.82) is 0 Å². The number of benzene rings is 3. The quantitative estimate of drug-likeness (QED) is 0.435. The molecular weight excluding hydrogens is 478 g/mol. The van der Waals surface area contributed by atoms with E-state index in [0.29, 0.717) is 22.3 Å². The van der Waals surface area contributed by atoms with Crippen molar-refractivity contribution >= 4 is 61.5 Å². The van der Waals surface area contributed by atoms with Crippen LogP contribution in [-0.4, -0.2) is 30.5 Å². The number of sulfonamides is 1. The van der Waals surface area contributed by atoms with Crippen molar-refractivity contribution < 1.29 is 17.6 Å². The molecular formula is C21H14Cl2FN4O3S. The van der Waals surface area contributed by atoms with Gasteiger partial charge < -0.3 is 5.73 Å². The standard InChI is InChI=1S/C21H14Cl2FN4O3S/c1-32(30,31)28(15-7-9-17(22)18(23)10-15)14-5-2-12(3-6-14)16-8-4-13-11-26-27(21(25)29)20(13)19(16)24/h2-10H,1H3,(H2,25,29). The maximum absolute atomic E-state index is 15.2. The van der Waals surface area contributed by atoms with Crippen LogP contribution in [0.5, 0.6) is 0 Å². The van der Waals surface area contributed by atoms with Crippen LogP contribution in [0.2, 0.25) is 10.0 Å². The maximum atomic E-state index is 15.2. The van der Waals surface area contributed by atoms with E-state index >= 15 is 4.39 Å². The number of anilines is 2. The molecule has 0 spiro atoms. The first-order valence-electron chi connectivity index (χ1n) is 9.02. The van der Waals surface area contributed by atoms with E-state index in [1.54, 1.807) is 18.2 Å². The van der Waals surface area contributed by atoms with Crippen LogP contribution < -0.4 is 10.0 Å². The molecule has 7 nitrogen and oxygen atoms in total. The van der Waals surface area contributed by atoms with E-state index < -0.39 is 21.9 Å². The highest BCUT2D eigenvalue weighted by atomic mass is 35.5. The molecule has 0 saturated carbocycles. The number of rotatable bonds is 4. The van der Waals surface area contributed by atoms with Gasteiger partial charge in [-0.25, -0.2) is 21.9 Å². The number of carbonyl (C=O) groups is 1. The highest BCUT2D eigenvalue weighted by molar-refractivity contribution is 7.92. The fraction of sp³-hybridized carbons (Fsp3) is 0.0476. The molecule has 163 valence electrons. The summed E-state index contributed by atoms with van der Waals surface area (Å²) in [4.78, 5) is 11.5. The van der Waals surface area contributed by atoms with Gasteiger partial charge in [-0.3, -0.25) is 0 Å². The van der Waals surface area contributed by atoms with E-state index in [-0.39, 0.29) is 21.1 Å². The van der Waals surface area contributed by atoms with Gasteiger partial charge in [-0.15, -0.1) is 0 Å². The van der Waals surface area contributed by atoms with Crippen molar-refractivity contribution in [2.24, 2.45) is 5.73 Å². The third-order valence-corrected chi connectivity index (χ3v) is 6.51. The molecule has 4 rings (SSSR count). The average Bonchev–Trinajstić information content (AvgIpc) is 3.16. The van der Waals surface area contributed by atoms with E-state index in [4.69, 9.17) is 28.9 Å². The number of amides is 1. The van der Waals surface area contributed by atoms with Crippen LogP contribution in [0.15, 0.2) is 54.6 Å². The summed E-state index contributed by atoms with van der Waals surface area (Å²) in [6.45, 7) is 0. The lowest BCUT2D eigenvalue weighted by Gasteiger charge is -2.23. The van der Waals surface area contributed by atoms with Crippen molar-refractivity contribution in [3.63, 3.8) is 0 Å². The van der Waals surface area contributed by atoms with Crippen LogP contribution in [-0.2, 0) is 10.0 Å². The summed E-state index contributed by atoms with van der Waals surface area (Å²) in [7, 11) is -3.73. The molecule has 11 heteroatoms. The van der Waals surface area contributed by atoms with Gasteiger partial charge in [0.05, 0.1) is 27.7 Å². The summed E-state index contributed by atoms with van der Waals surface area (Å²) in [5, 5.41) is 4.47. The van der Waals surface area contributed by atoms with Crippen molar-refractivity contribution in [3.05, 3.63) is 76.7 Å². The molecule has 1 aromatic heterocycles. The molecule has 1 heterocycles. The van der Waals surface area contributed by atoms with E-state index in [0.717, 1.165) is 15.2 Å². The zero-order valence-corrected chi connectivity index (χ0v) is 18.7. The highest BCUT2D eigenvalue weighted by Gasteiger charge is 2.22. The molecule has 1 amide bonds. The Balaban J connectivity index is 1.80. The lowest BCUT2D eigenvalue weighted by atomic mass is 10.0. The second-order valence-electron chi connectivity index (χ2n) is 6.86. The third-order valence-electron chi connectivity index (χ3n) is 4.69. The molecule has 0 bridgehead atoms. The van der Waals surface area contributed by atoms with Crippen molar-refractivity contribution in [2.45, 2.75) is 0 Å². The maximum Gasteiger partial charge on any atom is 0.340 e. The molecule has 0 aliphatic carbocycles. The number of nitrogens with zero attached hydrogens (tertiary/aromatic N) is 3. The van der Waals surface area contributed by atoms with Gasteiger partial charge in [0.25, 0.3) is 0 Å². The monoisotopic (exact) mass is 491 g/mol. The minimum atomic E-state index is -3.73. The molecule has 0 fully saturated rings. The number of halogens is 3. The predicted octanol–water partition coefficient (Wildman–Crippen LogP) is 4.97. The van der Waals surface area contributed by atoms with Crippen LogP contribution in [0.1, 0.15) is 0 Å². The van der Waals surface area contributed by atoms with Crippen LogP contribution >= 0.6 is 23.2 Å². The Bertz CT molecular complexity index is 1470. The Kier molecular flexibility index (Phi) is 5.58. The molecule has 2 N–H and O–H groups in total. The van der Waals surface area contributed by atoms with Gasteiger partial charge in [0, 0.05) is 10.9 Å². The van der Waals surface area contributed by atoms with Crippen molar-refractivity contribution in [3.8, 4) is 11.1 Å².